The number of benzene rings is 2. The molecule has 3 rings (SSSR count). The Kier molecular flexibility index (Phi) is 5.09. The van der Waals surface area contributed by atoms with E-state index in [2.05, 4.69) is 29.6 Å². The molecule has 120 valence electrons. The van der Waals surface area contributed by atoms with E-state index >= 15 is 0 Å². The lowest BCUT2D eigenvalue weighted by atomic mass is 9.95. The van der Waals surface area contributed by atoms with Gasteiger partial charge in [0, 0.05) is 6.04 Å². The van der Waals surface area contributed by atoms with Crippen molar-refractivity contribution in [3.8, 4) is 0 Å². The van der Waals surface area contributed by atoms with Crippen LogP contribution < -0.4 is 5.32 Å². The first kappa shape index (κ1) is 15.8. The molecule has 1 heterocycles. The highest BCUT2D eigenvalue weighted by molar-refractivity contribution is 5.77. The summed E-state index contributed by atoms with van der Waals surface area (Å²) in [6.07, 6.45) is 2.03. The molecule has 0 radical (unpaired) electrons. The minimum absolute atomic E-state index is 0.0511. The van der Waals surface area contributed by atoms with Gasteiger partial charge in [-0.05, 0) is 36.5 Å². The van der Waals surface area contributed by atoms with Crippen LogP contribution in [0.3, 0.4) is 0 Å². The summed E-state index contributed by atoms with van der Waals surface area (Å²) in [5.41, 5.74) is 3.69. The number of rotatable bonds is 5. The van der Waals surface area contributed by atoms with Gasteiger partial charge in [0.05, 0.1) is 19.1 Å². The Labute approximate surface area is 137 Å². The first-order chi connectivity index (χ1) is 11.2. The van der Waals surface area contributed by atoms with Crippen LogP contribution in [0.25, 0.3) is 0 Å². The quantitative estimate of drug-likeness (QED) is 0.919. The molecule has 0 saturated heterocycles. The maximum atomic E-state index is 12.3. The molecule has 23 heavy (non-hydrogen) atoms. The zero-order valence-corrected chi connectivity index (χ0v) is 13.5. The number of nitrogens with one attached hydrogen (secondary N) is 1. The summed E-state index contributed by atoms with van der Waals surface area (Å²) in [5, 5.41) is 3.09. The number of hydrogen-bond acceptors (Lipinski definition) is 2. The maximum absolute atomic E-state index is 12.3. The number of ether oxygens (including phenoxy) is 1. The molecule has 2 aromatic carbocycles. The van der Waals surface area contributed by atoms with Crippen molar-refractivity contribution in [3.05, 3.63) is 71.3 Å². The van der Waals surface area contributed by atoms with Crippen LogP contribution in [0.15, 0.2) is 54.6 Å². The maximum Gasteiger partial charge on any atom is 0.223 e. The Morgan fingerprint density at radius 2 is 1.91 bits per heavy atom. The number of carbonyl (C=O) groups excluding carboxylic acids is 1. The largest absolute Gasteiger partial charge is 0.373 e. The van der Waals surface area contributed by atoms with E-state index in [1.54, 1.807) is 0 Å². The molecule has 3 heteroatoms. The van der Waals surface area contributed by atoms with Crippen LogP contribution in [0.1, 0.15) is 36.1 Å². The number of hydrogen-bond donors (Lipinski definition) is 1. The van der Waals surface area contributed by atoms with Crippen molar-refractivity contribution in [2.75, 3.05) is 6.61 Å². The summed E-state index contributed by atoms with van der Waals surface area (Å²) in [6.45, 7) is 2.73. The third-order valence-electron chi connectivity index (χ3n) is 4.26. The van der Waals surface area contributed by atoms with Gasteiger partial charge in [-0.15, -0.1) is 0 Å². The summed E-state index contributed by atoms with van der Waals surface area (Å²) in [5.74, 6) is 0.0511. The SMILES string of the molecule is CC(Cc1ccccc1)NC(=O)CC1OCCc2ccccc21. The van der Waals surface area contributed by atoms with Gasteiger partial charge >= 0.3 is 0 Å². The van der Waals surface area contributed by atoms with Gasteiger partial charge in [0.2, 0.25) is 5.91 Å². The normalized spacial score (nSPS) is 18.0. The second-order valence-corrected chi connectivity index (χ2v) is 6.17. The highest BCUT2D eigenvalue weighted by atomic mass is 16.5. The minimum atomic E-state index is -0.121. The smallest absolute Gasteiger partial charge is 0.223 e. The summed E-state index contributed by atoms with van der Waals surface area (Å²) in [7, 11) is 0. The molecule has 1 aliphatic rings. The Bertz CT molecular complexity index is 654. The zero-order chi connectivity index (χ0) is 16.1. The predicted molar refractivity (Wildman–Crippen MR) is 91.2 cm³/mol. The van der Waals surface area contributed by atoms with Crippen LogP contribution in [0.4, 0.5) is 0 Å². The zero-order valence-electron chi connectivity index (χ0n) is 13.5. The molecular formula is C20H23NO2. The summed E-state index contributed by atoms with van der Waals surface area (Å²) in [4.78, 5) is 12.3. The van der Waals surface area contributed by atoms with Gasteiger partial charge in [-0.1, -0.05) is 54.6 Å². The van der Waals surface area contributed by atoms with Crippen molar-refractivity contribution in [2.24, 2.45) is 0 Å². The lowest BCUT2D eigenvalue weighted by molar-refractivity contribution is -0.125. The van der Waals surface area contributed by atoms with E-state index in [0.717, 1.165) is 18.4 Å². The van der Waals surface area contributed by atoms with Crippen molar-refractivity contribution < 1.29 is 9.53 Å². The average Bonchev–Trinajstić information content (AvgIpc) is 2.56. The van der Waals surface area contributed by atoms with E-state index in [0.29, 0.717) is 13.0 Å². The van der Waals surface area contributed by atoms with Gasteiger partial charge in [-0.25, -0.2) is 0 Å². The van der Waals surface area contributed by atoms with Crippen molar-refractivity contribution in [1.29, 1.82) is 0 Å². The molecule has 0 aromatic heterocycles. The highest BCUT2D eigenvalue weighted by Crippen LogP contribution is 2.29. The molecule has 1 amide bonds. The molecule has 1 aliphatic heterocycles. The van der Waals surface area contributed by atoms with Gasteiger partial charge in [0.1, 0.15) is 0 Å². The molecule has 0 fully saturated rings. The fourth-order valence-electron chi connectivity index (χ4n) is 3.17. The van der Waals surface area contributed by atoms with Crippen molar-refractivity contribution in [3.63, 3.8) is 0 Å². The molecular weight excluding hydrogens is 286 g/mol. The first-order valence-electron chi connectivity index (χ1n) is 8.25. The number of carbonyl (C=O) groups is 1. The molecule has 0 bridgehead atoms. The van der Waals surface area contributed by atoms with Crippen molar-refractivity contribution in [2.45, 2.75) is 38.3 Å². The Hall–Kier alpha value is -2.13. The van der Waals surface area contributed by atoms with E-state index in [4.69, 9.17) is 4.74 Å². The van der Waals surface area contributed by atoms with Crippen LogP contribution in [-0.2, 0) is 22.4 Å². The standard InChI is InChI=1S/C20H23NO2/c1-15(13-16-7-3-2-4-8-16)21-20(22)14-19-18-10-6-5-9-17(18)11-12-23-19/h2-10,15,19H,11-14H2,1H3,(H,21,22). The molecule has 2 unspecified atom stereocenters. The summed E-state index contributed by atoms with van der Waals surface area (Å²) in [6, 6.07) is 18.6. The molecule has 0 spiro atoms. The van der Waals surface area contributed by atoms with Gasteiger partial charge < -0.3 is 10.1 Å². The van der Waals surface area contributed by atoms with Gasteiger partial charge in [0.15, 0.2) is 0 Å². The predicted octanol–water partition coefficient (Wildman–Crippen LogP) is 3.44. The van der Waals surface area contributed by atoms with E-state index < -0.39 is 0 Å². The van der Waals surface area contributed by atoms with Gasteiger partial charge in [-0.3, -0.25) is 4.79 Å². The molecule has 2 atom stereocenters. The average molecular weight is 309 g/mol. The van der Waals surface area contributed by atoms with Gasteiger partial charge in [0.25, 0.3) is 0 Å². The van der Waals surface area contributed by atoms with Crippen LogP contribution >= 0.6 is 0 Å². The second-order valence-electron chi connectivity index (χ2n) is 6.17. The third kappa shape index (κ3) is 4.20. The van der Waals surface area contributed by atoms with E-state index in [1.165, 1.54) is 11.1 Å². The fraction of sp³-hybridized carbons (Fsp3) is 0.350. The Morgan fingerprint density at radius 1 is 1.17 bits per heavy atom. The fourth-order valence-corrected chi connectivity index (χ4v) is 3.17. The number of fused-ring (bicyclic) bond motifs is 1. The molecule has 2 aromatic rings. The lowest BCUT2D eigenvalue weighted by Crippen LogP contribution is -2.35. The lowest BCUT2D eigenvalue weighted by Gasteiger charge is -2.26. The van der Waals surface area contributed by atoms with Crippen LogP contribution in [0.2, 0.25) is 0 Å². The Balaban J connectivity index is 1.56. The van der Waals surface area contributed by atoms with Gasteiger partial charge in [-0.2, -0.15) is 0 Å². The molecule has 3 nitrogen and oxygen atoms in total. The molecule has 1 N–H and O–H groups in total. The minimum Gasteiger partial charge on any atom is -0.373 e. The van der Waals surface area contributed by atoms with E-state index in [-0.39, 0.29) is 18.1 Å². The second kappa shape index (κ2) is 7.42. The number of amides is 1. The highest BCUT2D eigenvalue weighted by Gasteiger charge is 2.23. The summed E-state index contributed by atoms with van der Waals surface area (Å²) < 4.78 is 5.81. The monoisotopic (exact) mass is 309 g/mol. The van der Waals surface area contributed by atoms with Crippen LogP contribution in [0.5, 0.6) is 0 Å². The van der Waals surface area contributed by atoms with Crippen LogP contribution in [0, 0.1) is 0 Å². The summed E-state index contributed by atoms with van der Waals surface area (Å²) >= 11 is 0. The topological polar surface area (TPSA) is 38.3 Å². The first-order valence-corrected chi connectivity index (χ1v) is 8.25. The van der Waals surface area contributed by atoms with E-state index in [1.807, 2.05) is 37.3 Å². The Morgan fingerprint density at radius 3 is 2.74 bits per heavy atom. The molecule has 0 aliphatic carbocycles. The van der Waals surface area contributed by atoms with Crippen molar-refractivity contribution in [1.82, 2.24) is 5.32 Å². The van der Waals surface area contributed by atoms with Crippen molar-refractivity contribution >= 4 is 5.91 Å². The third-order valence-corrected chi connectivity index (χ3v) is 4.26. The van der Waals surface area contributed by atoms with Crippen LogP contribution in [-0.4, -0.2) is 18.6 Å². The van der Waals surface area contributed by atoms with E-state index in [9.17, 15) is 4.79 Å². The molecule has 0 saturated carbocycles.